The summed E-state index contributed by atoms with van der Waals surface area (Å²) in [5, 5.41) is 11.9. The van der Waals surface area contributed by atoms with Gasteiger partial charge in [0.1, 0.15) is 29.8 Å². The molecular formula is C13H15N5O. The van der Waals surface area contributed by atoms with Gasteiger partial charge in [-0.05, 0) is 19.1 Å². The van der Waals surface area contributed by atoms with Crippen molar-refractivity contribution in [3.8, 4) is 6.07 Å². The number of nitrogens with zero attached hydrogens (tertiary/aromatic N) is 4. The van der Waals surface area contributed by atoms with Crippen LogP contribution in [0.5, 0.6) is 0 Å². The molecule has 1 N–H and O–H groups in total. The second kappa shape index (κ2) is 5.87. The maximum atomic E-state index is 8.70. The van der Waals surface area contributed by atoms with Crippen molar-refractivity contribution in [2.24, 2.45) is 0 Å². The van der Waals surface area contributed by atoms with E-state index >= 15 is 0 Å². The minimum absolute atomic E-state index is 0.286. The summed E-state index contributed by atoms with van der Waals surface area (Å²) >= 11 is 0. The van der Waals surface area contributed by atoms with Gasteiger partial charge in [-0.3, -0.25) is 0 Å². The molecule has 2 heterocycles. The minimum Gasteiger partial charge on any atom is -0.467 e. The summed E-state index contributed by atoms with van der Waals surface area (Å²) in [6, 6.07) is 7.64. The van der Waals surface area contributed by atoms with Crippen molar-refractivity contribution in [3.05, 3.63) is 36.0 Å². The van der Waals surface area contributed by atoms with Gasteiger partial charge in [0.2, 0.25) is 0 Å². The highest BCUT2D eigenvalue weighted by Gasteiger charge is 2.06. The largest absolute Gasteiger partial charge is 0.467 e. The Kier molecular flexibility index (Phi) is 3.98. The molecule has 6 heteroatoms. The summed E-state index contributed by atoms with van der Waals surface area (Å²) in [5.41, 5.74) is 0. The molecule has 0 radical (unpaired) electrons. The maximum Gasteiger partial charge on any atom is 0.134 e. The standard InChI is InChI=1S/C13H15N5O/c1-10-16-12(15-9-11-4-3-7-19-11)8-13(17-10)18(2)6-5-14/h3-4,7-8H,6,9H2,1-2H3,(H,15,16,17). The van der Waals surface area contributed by atoms with E-state index in [9.17, 15) is 0 Å². The highest BCUT2D eigenvalue weighted by molar-refractivity contribution is 5.49. The van der Waals surface area contributed by atoms with Gasteiger partial charge in [-0.15, -0.1) is 0 Å². The van der Waals surface area contributed by atoms with Gasteiger partial charge in [-0.1, -0.05) is 0 Å². The maximum absolute atomic E-state index is 8.70. The number of hydrogen-bond acceptors (Lipinski definition) is 6. The number of aryl methyl sites for hydroxylation is 1. The van der Waals surface area contributed by atoms with Crippen LogP contribution in [0.3, 0.4) is 0 Å². The zero-order chi connectivity index (χ0) is 13.7. The van der Waals surface area contributed by atoms with Gasteiger partial charge in [-0.25, -0.2) is 9.97 Å². The Hall–Kier alpha value is -2.55. The third kappa shape index (κ3) is 3.45. The molecule has 2 rings (SSSR count). The van der Waals surface area contributed by atoms with Gasteiger partial charge in [0, 0.05) is 13.1 Å². The van der Waals surface area contributed by atoms with Gasteiger partial charge in [0.25, 0.3) is 0 Å². The number of aromatic nitrogens is 2. The minimum atomic E-state index is 0.286. The van der Waals surface area contributed by atoms with Crippen LogP contribution >= 0.6 is 0 Å². The first kappa shape index (κ1) is 12.9. The number of hydrogen-bond donors (Lipinski definition) is 1. The molecule has 0 amide bonds. The Labute approximate surface area is 111 Å². The second-order valence-electron chi connectivity index (χ2n) is 4.11. The Morgan fingerprint density at radius 1 is 1.47 bits per heavy atom. The number of furan rings is 1. The molecule has 0 aromatic carbocycles. The van der Waals surface area contributed by atoms with E-state index in [0.29, 0.717) is 18.2 Å². The normalized spacial score (nSPS) is 9.95. The monoisotopic (exact) mass is 257 g/mol. The third-order valence-corrected chi connectivity index (χ3v) is 2.55. The van der Waals surface area contributed by atoms with Crippen molar-refractivity contribution >= 4 is 11.6 Å². The Morgan fingerprint density at radius 3 is 3.00 bits per heavy atom. The van der Waals surface area contributed by atoms with Crippen LogP contribution in [-0.2, 0) is 6.54 Å². The highest BCUT2D eigenvalue weighted by Crippen LogP contribution is 2.15. The number of rotatable bonds is 5. The van der Waals surface area contributed by atoms with E-state index in [2.05, 4.69) is 21.4 Å². The van der Waals surface area contributed by atoms with Crippen LogP contribution in [0.2, 0.25) is 0 Å². The van der Waals surface area contributed by atoms with Crippen molar-refractivity contribution in [1.82, 2.24) is 9.97 Å². The molecule has 2 aromatic heterocycles. The van der Waals surface area contributed by atoms with E-state index in [1.165, 1.54) is 0 Å². The zero-order valence-corrected chi connectivity index (χ0v) is 10.9. The van der Waals surface area contributed by atoms with Gasteiger partial charge in [-0.2, -0.15) is 5.26 Å². The van der Waals surface area contributed by atoms with Crippen LogP contribution in [0.25, 0.3) is 0 Å². The van der Waals surface area contributed by atoms with Crippen molar-refractivity contribution in [2.45, 2.75) is 13.5 Å². The van der Waals surface area contributed by atoms with Crippen molar-refractivity contribution in [3.63, 3.8) is 0 Å². The summed E-state index contributed by atoms with van der Waals surface area (Å²) in [6.07, 6.45) is 1.63. The summed E-state index contributed by atoms with van der Waals surface area (Å²) in [5.74, 6) is 2.92. The van der Waals surface area contributed by atoms with E-state index in [1.54, 1.807) is 11.2 Å². The lowest BCUT2D eigenvalue weighted by Gasteiger charge is -2.15. The van der Waals surface area contributed by atoms with Crippen LogP contribution < -0.4 is 10.2 Å². The fourth-order valence-corrected chi connectivity index (χ4v) is 1.62. The molecule has 2 aromatic rings. The summed E-state index contributed by atoms with van der Waals surface area (Å²) in [7, 11) is 1.82. The van der Waals surface area contributed by atoms with E-state index < -0.39 is 0 Å². The van der Waals surface area contributed by atoms with E-state index in [4.69, 9.17) is 9.68 Å². The van der Waals surface area contributed by atoms with Crippen LogP contribution in [0.1, 0.15) is 11.6 Å². The SMILES string of the molecule is Cc1nc(NCc2ccco2)cc(N(C)CC#N)n1. The molecule has 0 aliphatic rings. The summed E-state index contributed by atoms with van der Waals surface area (Å²) in [4.78, 5) is 10.4. The average Bonchev–Trinajstić information content (AvgIpc) is 2.89. The molecule has 0 unspecified atom stereocenters. The van der Waals surface area contributed by atoms with Gasteiger partial charge in [0.05, 0.1) is 18.9 Å². The van der Waals surface area contributed by atoms with E-state index in [1.807, 2.05) is 32.2 Å². The second-order valence-corrected chi connectivity index (χ2v) is 4.11. The molecule has 0 aliphatic carbocycles. The van der Waals surface area contributed by atoms with Crippen LogP contribution in [0.15, 0.2) is 28.9 Å². The number of anilines is 2. The fraction of sp³-hybridized carbons (Fsp3) is 0.308. The van der Waals surface area contributed by atoms with Crippen LogP contribution in [-0.4, -0.2) is 23.6 Å². The molecule has 0 saturated heterocycles. The Balaban J connectivity index is 2.10. The molecule has 0 saturated carbocycles. The fourth-order valence-electron chi connectivity index (χ4n) is 1.62. The van der Waals surface area contributed by atoms with Crippen molar-refractivity contribution in [1.29, 1.82) is 5.26 Å². The van der Waals surface area contributed by atoms with E-state index in [-0.39, 0.29) is 6.54 Å². The molecule has 6 nitrogen and oxygen atoms in total. The number of nitriles is 1. The quantitative estimate of drug-likeness (QED) is 0.825. The first-order chi connectivity index (χ1) is 9.19. The summed E-state index contributed by atoms with van der Waals surface area (Å²) in [6.45, 7) is 2.67. The Bertz CT molecular complexity index is 573. The van der Waals surface area contributed by atoms with E-state index in [0.717, 1.165) is 11.6 Å². The predicted molar refractivity (Wildman–Crippen MR) is 71.7 cm³/mol. The molecule has 0 fully saturated rings. The molecule has 0 bridgehead atoms. The number of nitrogens with one attached hydrogen (secondary N) is 1. The highest BCUT2D eigenvalue weighted by atomic mass is 16.3. The summed E-state index contributed by atoms with van der Waals surface area (Å²) < 4.78 is 5.24. The Morgan fingerprint density at radius 2 is 2.32 bits per heavy atom. The third-order valence-electron chi connectivity index (χ3n) is 2.55. The van der Waals surface area contributed by atoms with Crippen molar-refractivity contribution < 1.29 is 4.42 Å². The zero-order valence-electron chi connectivity index (χ0n) is 10.9. The van der Waals surface area contributed by atoms with Gasteiger partial charge >= 0.3 is 0 Å². The van der Waals surface area contributed by atoms with Crippen LogP contribution in [0.4, 0.5) is 11.6 Å². The topological polar surface area (TPSA) is 78.0 Å². The van der Waals surface area contributed by atoms with Crippen molar-refractivity contribution in [2.75, 3.05) is 23.8 Å². The van der Waals surface area contributed by atoms with Gasteiger partial charge < -0.3 is 14.6 Å². The van der Waals surface area contributed by atoms with Gasteiger partial charge in [0.15, 0.2) is 0 Å². The first-order valence-electron chi connectivity index (χ1n) is 5.89. The molecule has 0 aliphatic heterocycles. The lowest BCUT2D eigenvalue weighted by Crippen LogP contribution is -2.19. The molecule has 19 heavy (non-hydrogen) atoms. The molecule has 98 valence electrons. The predicted octanol–water partition coefficient (Wildman–Crippen LogP) is 1.95. The lowest BCUT2D eigenvalue weighted by molar-refractivity contribution is 0.517. The average molecular weight is 257 g/mol. The van der Waals surface area contributed by atoms with Crippen LogP contribution in [0, 0.1) is 18.3 Å². The molecule has 0 spiro atoms. The molecule has 0 atom stereocenters. The molecular weight excluding hydrogens is 242 g/mol. The first-order valence-corrected chi connectivity index (χ1v) is 5.89. The lowest BCUT2D eigenvalue weighted by atomic mass is 10.4. The smallest absolute Gasteiger partial charge is 0.134 e.